The molecule has 0 unspecified atom stereocenters. The Morgan fingerprint density at radius 3 is 2.12 bits per heavy atom. The molecule has 1 fully saturated rings. The van der Waals surface area contributed by atoms with Gasteiger partial charge >= 0.3 is 0 Å². The minimum Gasteiger partial charge on any atom is -0.345 e. The second-order valence-electron chi connectivity index (χ2n) is 5.49. The molecule has 0 atom stereocenters. The van der Waals surface area contributed by atoms with Crippen LogP contribution in [0, 0.1) is 11.6 Å². The SMILES string of the molecule is CC.NNC(=O)c1cnc(NC2(c3cc(F)cc(F)c3)CCC2)nc1. The van der Waals surface area contributed by atoms with E-state index in [9.17, 15) is 13.6 Å². The summed E-state index contributed by atoms with van der Waals surface area (Å²) in [5.74, 6) is 3.58. The lowest BCUT2D eigenvalue weighted by Crippen LogP contribution is -2.42. The number of carbonyl (C=O) groups excluding carboxylic acids is 1. The summed E-state index contributed by atoms with van der Waals surface area (Å²) in [5, 5.41) is 3.13. The maximum Gasteiger partial charge on any atom is 0.268 e. The largest absolute Gasteiger partial charge is 0.345 e. The van der Waals surface area contributed by atoms with E-state index in [0.717, 1.165) is 12.5 Å². The van der Waals surface area contributed by atoms with Crippen molar-refractivity contribution < 1.29 is 13.6 Å². The highest BCUT2D eigenvalue weighted by Gasteiger charge is 2.40. The zero-order valence-corrected chi connectivity index (χ0v) is 14.1. The summed E-state index contributed by atoms with van der Waals surface area (Å²) >= 11 is 0. The van der Waals surface area contributed by atoms with E-state index in [0.29, 0.717) is 18.4 Å². The first kappa shape index (κ1) is 18.7. The fourth-order valence-electron chi connectivity index (χ4n) is 2.65. The third-order valence-electron chi connectivity index (χ3n) is 4.02. The van der Waals surface area contributed by atoms with Gasteiger partial charge in [0.1, 0.15) is 11.6 Å². The normalized spacial score (nSPS) is 14.6. The van der Waals surface area contributed by atoms with Crippen molar-refractivity contribution >= 4 is 11.9 Å². The Kier molecular flexibility index (Phi) is 5.97. The first-order valence-corrected chi connectivity index (χ1v) is 8.10. The lowest BCUT2D eigenvalue weighted by atomic mass is 9.72. The third kappa shape index (κ3) is 4.08. The molecule has 8 heteroatoms. The van der Waals surface area contributed by atoms with Crippen LogP contribution in [0.3, 0.4) is 0 Å². The average molecular weight is 349 g/mol. The second-order valence-corrected chi connectivity index (χ2v) is 5.49. The lowest BCUT2D eigenvalue weighted by Gasteiger charge is -2.43. The van der Waals surface area contributed by atoms with Gasteiger partial charge in [-0.05, 0) is 37.0 Å². The molecule has 25 heavy (non-hydrogen) atoms. The molecule has 6 nitrogen and oxygen atoms in total. The van der Waals surface area contributed by atoms with Crippen molar-refractivity contribution in [1.29, 1.82) is 0 Å². The molecule has 1 amide bonds. The number of hydrazine groups is 1. The Morgan fingerprint density at radius 1 is 1.12 bits per heavy atom. The number of nitrogens with two attached hydrogens (primary N) is 1. The molecule has 4 N–H and O–H groups in total. The molecule has 0 bridgehead atoms. The maximum absolute atomic E-state index is 13.5. The molecule has 134 valence electrons. The van der Waals surface area contributed by atoms with Gasteiger partial charge in [-0.25, -0.2) is 24.6 Å². The molecule has 0 spiro atoms. The van der Waals surface area contributed by atoms with Crippen LogP contribution in [-0.4, -0.2) is 15.9 Å². The van der Waals surface area contributed by atoms with E-state index in [1.807, 2.05) is 19.3 Å². The molecule has 1 saturated carbocycles. The van der Waals surface area contributed by atoms with Gasteiger partial charge < -0.3 is 5.32 Å². The molecule has 1 aliphatic rings. The molecule has 1 aromatic carbocycles. The molecule has 0 aliphatic heterocycles. The molecule has 0 saturated heterocycles. The zero-order valence-electron chi connectivity index (χ0n) is 14.1. The van der Waals surface area contributed by atoms with Crippen molar-refractivity contribution in [3.8, 4) is 0 Å². The van der Waals surface area contributed by atoms with Crippen LogP contribution in [-0.2, 0) is 5.54 Å². The van der Waals surface area contributed by atoms with E-state index in [-0.39, 0.29) is 11.5 Å². The Hall–Kier alpha value is -2.61. The van der Waals surface area contributed by atoms with E-state index in [4.69, 9.17) is 5.84 Å². The smallest absolute Gasteiger partial charge is 0.268 e. The molecule has 3 rings (SSSR count). The number of rotatable bonds is 4. The fourth-order valence-corrected chi connectivity index (χ4v) is 2.65. The minimum atomic E-state index is -0.621. The van der Waals surface area contributed by atoms with Gasteiger partial charge in [-0.3, -0.25) is 10.2 Å². The van der Waals surface area contributed by atoms with E-state index >= 15 is 0 Å². The number of aromatic nitrogens is 2. The van der Waals surface area contributed by atoms with Gasteiger partial charge in [0.05, 0.1) is 11.1 Å². The molecule has 1 aliphatic carbocycles. The Balaban J connectivity index is 0.00000109. The predicted molar refractivity (Wildman–Crippen MR) is 90.5 cm³/mol. The molecular weight excluding hydrogens is 328 g/mol. The van der Waals surface area contributed by atoms with Gasteiger partial charge in [-0.15, -0.1) is 0 Å². The van der Waals surface area contributed by atoms with Gasteiger partial charge in [0.2, 0.25) is 5.95 Å². The van der Waals surface area contributed by atoms with Crippen molar-refractivity contribution in [3.05, 3.63) is 53.4 Å². The van der Waals surface area contributed by atoms with Crippen LogP contribution < -0.4 is 16.6 Å². The number of anilines is 1. The summed E-state index contributed by atoms with van der Waals surface area (Å²) in [7, 11) is 0. The first-order valence-electron chi connectivity index (χ1n) is 8.10. The number of nitrogen functional groups attached to an aromatic ring is 1. The van der Waals surface area contributed by atoms with Gasteiger partial charge in [0.25, 0.3) is 5.91 Å². The van der Waals surface area contributed by atoms with Crippen molar-refractivity contribution in [2.24, 2.45) is 5.84 Å². The van der Waals surface area contributed by atoms with Crippen molar-refractivity contribution in [1.82, 2.24) is 15.4 Å². The number of carbonyl (C=O) groups is 1. The van der Waals surface area contributed by atoms with Crippen molar-refractivity contribution in [2.75, 3.05) is 5.32 Å². The Bertz CT molecular complexity index is 712. The molecule has 1 heterocycles. The summed E-state index contributed by atoms with van der Waals surface area (Å²) in [4.78, 5) is 19.5. The molecule has 0 radical (unpaired) electrons. The van der Waals surface area contributed by atoms with E-state index in [1.54, 1.807) is 0 Å². The summed E-state index contributed by atoms with van der Waals surface area (Å²) in [6, 6.07) is 3.46. The van der Waals surface area contributed by atoms with E-state index < -0.39 is 23.1 Å². The monoisotopic (exact) mass is 349 g/mol. The van der Waals surface area contributed by atoms with Crippen LogP contribution in [0.15, 0.2) is 30.6 Å². The molecule has 2 aromatic rings. The number of hydrogen-bond donors (Lipinski definition) is 3. The highest BCUT2D eigenvalue weighted by atomic mass is 19.1. The van der Waals surface area contributed by atoms with Crippen molar-refractivity contribution in [3.63, 3.8) is 0 Å². The van der Waals surface area contributed by atoms with Gasteiger partial charge in [0, 0.05) is 18.5 Å². The van der Waals surface area contributed by atoms with Crippen LogP contribution in [0.5, 0.6) is 0 Å². The number of nitrogens with zero attached hydrogens (tertiary/aromatic N) is 2. The third-order valence-corrected chi connectivity index (χ3v) is 4.02. The van der Waals surface area contributed by atoms with Crippen LogP contribution >= 0.6 is 0 Å². The first-order chi connectivity index (χ1) is 12.0. The highest BCUT2D eigenvalue weighted by molar-refractivity contribution is 5.93. The number of nitrogens with one attached hydrogen (secondary N) is 2. The molecule has 1 aromatic heterocycles. The van der Waals surface area contributed by atoms with Crippen LogP contribution in [0.1, 0.15) is 49.0 Å². The van der Waals surface area contributed by atoms with Crippen LogP contribution in [0.25, 0.3) is 0 Å². The average Bonchev–Trinajstić information content (AvgIpc) is 2.59. The number of hydrogen-bond acceptors (Lipinski definition) is 5. The zero-order chi connectivity index (χ0) is 18.4. The summed E-state index contributed by atoms with van der Waals surface area (Å²) in [6.45, 7) is 4.00. The van der Waals surface area contributed by atoms with Gasteiger partial charge in [-0.2, -0.15) is 0 Å². The van der Waals surface area contributed by atoms with E-state index in [1.165, 1.54) is 24.5 Å². The quantitative estimate of drug-likeness (QED) is 0.448. The van der Waals surface area contributed by atoms with Crippen molar-refractivity contribution in [2.45, 2.75) is 38.6 Å². The summed E-state index contributed by atoms with van der Waals surface area (Å²) in [5.41, 5.74) is 2.13. The van der Waals surface area contributed by atoms with Crippen LogP contribution in [0.2, 0.25) is 0 Å². The Labute approximate surface area is 144 Å². The van der Waals surface area contributed by atoms with Gasteiger partial charge in [0.15, 0.2) is 0 Å². The fraction of sp³-hybridized carbons (Fsp3) is 0.353. The Morgan fingerprint density at radius 2 is 1.68 bits per heavy atom. The number of halogens is 2. The highest BCUT2D eigenvalue weighted by Crippen LogP contribution is 2.43. The summed E-state index contributed by atoms with van der Waals surface area (Å²) < 4.78 is 27.0. The standard InChI is InChI=1S/C15H15F2N5O.C2H6/c16-11-4-10(5-12(17)6-11)15(2-1-3-15)21-14-19-7-9(8-20-14)13(23)22-18;1-2/h4-8H,1-3,18H2,(H,22,23)(H,19,20,21);1-2H3. The summed E-state index contributed by atoms with van der Waals surface area (Å²) in [6.07, 6.45) is 5.01. The number of benzene rings is 1. The van der Waals surface area contributed by atoms with Gasteiger partial charge in [-0.1, -0.05) is 13.8 Å². The maximum atomic E-state index is 13.5. The second kappa shape index (κ2) is 7.98. The van der Waals surface area contributed by atoms with E-state index in [2.05, 4.69) is 15.3 Å². The predicted octanol–water partition coefficient (Wildman–Crippen LogP) is 2.88. The lowest BCUT2D eigenvalue weighted by molar-refractivity contribution is 0.0953. The number of amides is 1. The van der Waals surface area contributed by atoms with Crippen LogP contribution in [0.4, 0.5) is 14.7 Å². The minimum absolute atomic E-state index is 0.220. The molecular formula is C17H21F2N5O. The topological polar surface area (TPSA) is 92.9 Å².